The van der Waals surface area contributed by atoms with Gasteiger partial charge in [0.25, 0.3) is 0 Å². The number of para-hydroxylation sites is 1. The Bertz CT molecular complexity index is 711. The van der Waals surface area contributed by atoms with E-state index < -0.39 is 28.8 Å². The second-order valence-corrected chi connectivity index (χ2v) is 4.44. The molecule has 0 aromatic heterocycles. The summed E-state index contributed by atoms with van der Waals surface area (Å²) in [5.41, 5.74) is 0.497. The Morgan fingerprint density at radius 2 is 1.80 bits per heavy atom. The highest BCUT2D eigenvalue weighted by molar-refractivity contribution is 6.11. The van der Waals surface area contributed by atoms with E-state index in [9.17, 15) is 18.0 Å². The summed E-state index contributed by atoms with van der Waals surface area (Å²) in [5, 5.41) is 0. The maximum Gasteiger partial charge on any atom is 0.199 e. The summed E-state index contributed by atoms with van der Waals surface area (Å²) in [6.45, 7) is 0.444. The van der Waals surface area contributed by atoms with E-state index in [1.54, 1.807) is 12.1 Å². The topological polar surface area (TPSA) is 26.3 Å². The lowest BCUT2D eigenvalue weighted by Gasteiger charge is -2.08. The van der Waals surface area contributed by atoms with Crippen molar-refractivity contribution in [2.45, 2.75) is 6.42 Å². The van der Waals surface area contributed by atoms with Crippen LogP contribution >= 0.6 is 0 Å². The van der Waals surface area contributed by atoms with E-state index in [1.165, 1.54) is 6.07 Å². The molecule has 2 nitrogen and oxygen atoms in total. The van der Waals surface area contributed by atoms with Gasteiger partial charge in [-0.05, 0) is 23.8 Å². The molecule has 0 saturated heterocycles. The lowest BCUT2D eigenvalue weighted by Crippen LogP contribution is -2.08. The molecule has 5 heteroatoms. The predicted octanol–water partition coefficient (Wildman–Crippen LogP) is 3.27. The van der Waals surface area contributed by atoms with Gasteiger partial charge < -0.3 is 4.74 Å². The number of carbonyl (C=O) groups is 1. The number of rotatable bonds is 2. The van der Waals surface area contributed by atoms with Crippen molar-refractivity contribution in [3.63, 3.8) is 0 Å². The quantitative estimate of drug-likeness (QED) is 0.622. The van der Waals surface area contributed by atoms with Crippen LogP contribution in [0.2, 0.25) is 0 Å². The van der Waals surface area contributed by atoms with E-state index in [0.717, 1.165) is 17.7 Å². The molecule has 0 spiro atoms. The third-order valence-corrected chi connectivity index (χ3v) is 3.24. The maximum absolute atomic E-state index is 13.7. The summed E-state index contributed by atoms with van der Waals surface area (Å²) in [6, 6.07) is 6.60. The molecule has 2 aromatic rings. The second-order valence-electron chi connectivity index (χ2n) is 4.44. The van der Waals surface area contributed by atoms with Crippen LogP contribution in [-0.2, 0) is 6.42 Å². The van der Waals surface area contributed by atoms with Crippen molar-refractivity contribution in [2.75, 3.05) is 6.61 Å². The molecule has 1 aliphatic rings. The Morgan fingerprint density at radius 3 is 2.60 bits per heavy atom. The van der Waals surface area contributed by atoms with Crippen molar-refractivity contribution >= 4 is 5.78 Å². The fourth-order valence-corrected chi connectivity index (χ4v) is 2.24. The average Bonchev–Trinajstić information content (AvgIpc) is 2.92. The van der Waals surface area contributed by atoms with Crippen molar-refractivity contribution in [3.8, 4) is 5.75 Å². The standard InChI is InChI=1S/C15H9F3O2/c16-11-5-4-9(12(17)13(11)18)14(19)10-3-1-2-8-6-7-20-15(8)10/h1-5H,6-7H2. The summed E-state index contributed by atoms with van der Waals surface area (Å²) in [6.07, 6.45) is 0.663. The summed E-state index contributed by atoms with van der Waals surface area (Å²) >= 11 is 0. The zero-order chi connectivity index (χ0) is 14.3. The normalized spacial score (nSPS) is 12.9. The van der Waals surface area contributed by atoms with Gasteiger partial charge in [-0.25, -0.2) is 13.2 Å². The van der Waals surface area contributed by atoms with E-state index in [-0.39, 0.29) is 5.56 Å². The number of hydrogen-bond acceptors (Lipinski definition) is 2. The van der Waals surface area contributed by atoms with Crippen LogP contribution in [0.3, 0.4) is 0 Å². The first-order valence-corrected chi connectivity index (χ1v) is 6.02. The lowest BCUT2D eigenvalue weighted by atomic mass is 9.99. The summed E-state index contributed by atoms with van der Waals surface area (Å²) < 4.78 is 45.1. The van der Waals surface area contributed by atoms with Crippen LogP contribution in [0.5, 0.6) is 5.75 Å². The van der Waals surface area contributed by atoms with Crippen LogP contribution in [0.25, 0.3) is 0 Å². The molecule has 0 atom stereocenters. The van der Waals surface area contributed by atoms with Crippen LogP contribution in [-0.4, -0.2) is 12.4 Å². The third-order valence-electron chi connectivity index (χ3n) is 3.24. The highest BCUT2D eigenvalue weighted by Crippen LogP contribution is 2.31. The molecule has 0 saturated carbocycles. The number of ketones is 1. The summed E-state index contributed by atoms with van der Waals surface area (Å²) in [5.74, 6) is -4.79. The smallest absolute Gasteiger partial charge is 0.199 e. The summed E-state index contributed by atoms with van der Waals surface area (Å²) in [4.78, 5) is 12.3. The Hall–Kier alpha value is -2.30. The van der Waals surface area contributed by atoms with E-state index >= 15 is 0 Å². The van der Waals surface area contributed by atoms with Crippen molar-refractivity contribution < 1.29 is 22.7 Å². The molecule has 0 fully saturated rings. The van der Waals surface area contributed by atoms with Gasteiger partial charge >= 0.3 is 0 Å². The molecule has 102 valence electrons. The van der Waals surface area contributed by atoms with Gasteiger partial charge in [-0.2, -0.15) is 0 Å². The SMILES string of the molecule is O=C(c1ccc(F)c(F)c1F)c1cccc2c1OCC2. The Kier molecular flexibility index (Phi) is 2.97. The van der Waals surface area contributed by atoms with Crippen molar-refractivity contribution in [2.24, 2.45) is 0 Å². The summed E-state index contributed by atoms with van der Waals surface area (Å²) in [7, 11) is 0. The van der Waals surface area contributed by atoms with Crippen molar-refractivity contribution in [3.05, 3.63) is 64.5 Å². The Labute approximate surface area is 112 Å². The molecular formula is C15H9F3O2. The van der Waals surface area contributed by atoms with Gasteiger partial charge in [0, 0.05) is 6.42 Å². The van der Waals surface area contributed by atoms with Crippen LogP contribution < -0.4 is 4.74 Å². The molecule has 0 amide bonds. The fraction of sp³-hybridized carbons (Fsp3) is 0.133. The molecule has 0 bridgehead atoms. The first-order chi connectivity index (χ1) is 9.59. The molecule has 0 unspecified atom stereocenters. The Morgan fingerprint density at radius 1 is 1.00 bits per heavy atom. The number of fused-ring (bicyclic) bond motifs is 1. The zero-order valence-corrected chi connectivity index (χ0v) is 10.3. The van der Waals surface area contributed by atoms with Crippen LogP contribution in [0.1, 0.15) is 21.5 Å². The fourth-order valence-electron chi connectivity index (χ4n) is 2.24. The third kappa shape index (κ3) is 1.86. The molecular weight excluding hydrogens is 269 g/mol. The van der Waals surface area contributed by atoms with E-state index in [1.807, 2.05) is 0 Å². The molecule has 0 N–H and O–H groups in total. The largest absolute Gasteiger partial charge is 0.492 e. The maximum atomic E-state index is 13.7. The minimum Gasteiger partial charge on any atom is -0.492 e. The van der Waals surface area contributed by atoms with Gasteiger partial charge in [0.1, 0.15) is 5.75 Å². The molecule has 20 heavy (non-hydrogen) atoms. The molecule has 0 aliphatic carbocycles. The number of ether oxygens (including phenoxy) is 1. The van der Waals surface area contributed by atoms with Crippen LogP contribution in [0.15, 0.2) is 30.3 Å². The van der Waals surface area contributed by atoms with Crippen LogP contribution in [0, 0.1) is 17.5 Å². The Balaban J connectivity index is 2.11. The van der Waals surface area contributed by atoms with Gasteiger partial charge in [-0.15, -0.1) is 0 Å². The average molecular weight is 278 g/mol. The highest BCUT2D eigenvalue weighted by atomic mass is 19.2. The van der Waals surface area contributed by atoms with Gasteiger partial charge in [-0.3, -0.25) is 4.79 Å². The number of benzene rings is 2. The highest BCUT2D eigenvalue weighted by Gasteiger charge is 2.25. The minimum absolute atomic E-state index is 0.157. The van der Waals surface area contributed by atoms with E-state index in [2.05, 4.69) is 0 Å². The van der Waals surface area contributed by atoms with Gasteiger partial charge in [0.15, 0.2) is 23.2 Å². The number of hydrogen-bond donors (Lipinski definition) is 0. The van der Waals surface area contributed by atoms with Gasteiger partial charge in [-0.1, -0.05) is 12.1 Å². The minimum atomic E-state index is -1.65. The lowest BCUT2D eigenvalue weighted by molar-refractivity contribution is 0.103. The monoisotopic (exact) mass is 278 g/mol. The van der Waals surface area contributed by atoms with E-state index in [0.29, 0.717) is 18.8 Å². The second kappa shape index (κ2) is 4.67. The molecule has 1 heterocycles. The van der Waals surface area contributed by atoms with Crippen molar-refractivity contribution in [1.29, 1.82) is 0 Å². The van der Waals surface area contributed by atoms with Crippen molar-refractivity contribution in [1.82, 2.24) is 0 Å². The predicted molar refractivity (Wildman–Crippen MR) is 65.4 cm³/mol. The molecule has 0 radical (unpaired) electrons. The van der Waals surface area contributed by atoms with Gasteiger partial charge in [0.05, 0.1) is 17.7 Å². The van der Waals surface area contributed by atoms with Gasteiger partial charge in [0.2, 0.25) is 0 Å². The van der Waals surface area contributed by atoms with Crippen LogP contribution in [0.4, 0.5) is 13.2 Å². The molecule has 3 rings (SSSR count). The first-order valence-electron chi connectivity index (χ1n) is 6.02. The zero-order valence-electron chi connectivity index (χ0n) is 10.3. The first kappa shape index (κ1) is 12.7. The van der Waals surface area contributed by atoms with E-state index in [4.69, 9.17) is 4.74 Å². The number of halogens is 3. The number of carbonyl (C=O) groups excluding carboxylic acids is 1. The molecule has 1 aliphatic heterocycles. The molecule has 2 aromatic carbocycles.